The molecule has 0 aromatic carbocycles. The van der Waals surface area contributed by atoms with Crippen LogP contribution >= 0.6 is 11.3 Å². The Labute approximate surface area is 98.1 Å². The van der Waals surface area contributed by atoms with E-state index in [1.807, 2.05) is 6.92 Å². The number of aromatic nitrogens is 2. The fourth-order valence-electron chi connectivity index (χ4n) is 2.07. The van der Waals surface area contributed by atoms with Gasteiger partial charge in [0.2, 0.25) is 5.13 Å². The largest absolute Gasteiger partial charge is 0.481 e. The maximum absolute atomic E-state index is 10.8. The minimum absolute atomic E-state index is 0.0820. The van der Waals surface area contributed by atoms with E-state index in [-0.39, 0.29) is 12.5 Å². The molecule has 1 aliphatic rings. The lowest BCUT2D eigenvalue weighted by Gasteiger charge is -2.34. The molecule has 0 amide bonds. The second-order valence-corrected chi connectivity index (χ2v) is 5.20. The number of aryl methyl sites for hydroxylation is 1. The standard InChI is InChI=1S/C10H15N3O2S/c1-7-11-12-10(16-7)13-5-3-2-4-8(13)6-9(14)15/h8H,2-6H2,1H3,(H,14,15). The van der Waals surface area contributed by atoms with Crippen LogP contribution in [-0.2, 0) is 4.79 Å². The van der Waals surface area contributed by atoms with Crippen molar-refractivity contribution in [3.8, 4) is 0 Å². The van der Waals surface area contributed by atoms with E-state index in [4.69, 9.17) is 5.11 Å². The van der Waals surface area contributed by atoms with Gasteiger partial charge in [0.25, 0.3) is 0 Å². The van der Waals surface area contributed by atoms with Gasteiger partial charge in [-0.1, -0.05) is 11.3 Å². The fraction of sp³-hybridized carbons (Fsp3) is 0.700. The second kappa shape index (κ2) is 4.78. The van der Waals surface area contributed by atoms with Gasteiger partial charge in [0.1, 0.15) is 5.01 Å². The second-order valence-electron chi connectivity index (χ2n) is 4.04. The average Bonchev–Trinajstić information content (AvgIpc) is 2.65. The predicted octanol–water partition coefficient (Wildman–Crippen LogP) is 1.68. The summed E-state index contributed by atoms with van der Waals surface area (Å²) in [6.45, 7) is 2.81. The Morgan fingerprint density at radius 1 is 1.56 bits per heavy atom. The van der Waals surface area contributed by atoms with Crippen LogP contribution in [-0.4, -0.2) is 33.9 Å². The zero-order valence-electron chi connectivity index (χ0n) is 9.22. The van der Waals surface area contributed by atoms with Crippen LogP contribution in [0.4, 0.5) is 5.13 Å². The molecule has 6 heteroatoms. The molecule has 16 heavy (non-hydrogen) atoms. The SMILES string of the molecule is Cc1nnc(N2CCCCC2CC(=O)O)s1. The Morgan fingerprint density at radius 2 is 2.38 bits per heavy atom. The number of nitrogens with zero attached hydrogens (tertiary/aromatic N) is 3. The summed E-state index contributed by atoms with van der Waals surface area (Å²) in [6.07, 6.45) is 3.34. The summed E-state index contributed by atoms with van der Waals surface area (Å²) >= 11 is 1.54. The molecule has 88 valence electrons. The molecule has 1 atom stereocenters. The van der Waals surface area contributed by atoms with Gasteiger partial charge in [-0.05, 0) is 26.2 Å². The number of hydrogen-bond donors (Lipinski definition) is 1. The molecule has 1 aromatic rings. The number of rotatable bonds is 3. The highest BCUT2D eigenvalue weighted by Crippen LogP contribution is 2.28. The van der Waals surface area contributed by atoms with Gasteiger partial charge in [0, 0.05) is 12.6 Å². The van der Waals surface area contributed by atoms with Crippen molar-refractivity contribution in [1.29, 1.82) is 0 Å². The lowest BCUT2D eigenvalue weighted by molar-refractivity contribution is -0.137. The zero-order valence-corrected chi connectivity index (χ0v) is 10.0. The lowest BCUT2D eigenvalue weighted by Crippen LogP contribution is -2.40. The molecular formula is C10H15N3O2S. The predicted molar refractivity (Wildman–Crippen MR) is 61.9 cm³/mol. The van der Waals surface area contributed by atoms with E-state index in [2.05, 4.69) is 15.1 Å². The third-order valence-corrected chi connectivity index (χ3v) is 3.67. The first-order valence-electron chi connectivity index (χ1n) is 5.45. The van der Waals surface area contributed by atoms with Crippen LogP contribution in [0.15, 0.2) is 0 Å². The van der Waals surface area contributed by atoms with Crippen LogP contribution in [0.5, 0.6) is 0 Å². The van der Waals surface area contributed by atoms with Crippen molar-refractivity contribution in [1.82, 2.24) is 10.2 Å². The number of aliphatic carboxylic acids is 1. The molecule has 2 rings (SSSR count). The monoisotopic (exact) mass is 241 g/mol. The first kappa shape index (κ1) is 11.3. The molecule has 0 radical (unpaired) electrons. The van der Waals surface area contributed by atoms with E-state index in [1.54, 1.807) is 0 Å². The number of anilines is 1. The molecule has 1 fully saturated rings. The number of carboxylic acid groups (broad SMARTS) is 1. The van der Waals surface area contributed by atoms with Crippen molar-refractivity contribution in [3.05, 3.63) is 5.01 Å². The molecule has 1 N–H and O–H groups in total. The van der Waals surface area contributed by atoms with Crippen molar-refractivity contribution >= 4 is 22.4 Å². The maximum Gasteiger partial charge on any atom is 0.305 e. The summed E-state index contributed by atoms with van der Waals surface area (Å²) in [7, 11) is 0. The molecule has 0 saturated carbocycles. The molecule has 0 bridgehead atoms. The van der Waals surface area contributed by atoms with Crippen LogP contribution in [0, 0.1) is 6.92 Å². The maximum atomic E-state index is 10.8. The third-order valence-electron chi connectivity index (χ3n) is 2.80. The minimum atomic E-state index is -0.738. The molecule has 1 saturated heterocycles. The highest BCUT2D eigenvalue weighted by molar-refractivity contribution is 7.15. The highest BCUT2D eigenvalue weighted by atomic mass is 32.1. The third kappa shape index (κ3) is 2.49. The molecule has 0 aliphatic carbocycles. The average molecular weight is 241 g/mol. The van der Waals surface area contributed by atoms with E-state index in [9.17, 15) is 4.79 Å². The number of carboxylic acids is 1. The summed E-state index contributed by atoms with van der Waals surface area (Å²) in [4.78, 5) is 12.9. The smallest absolute Gasteiger partial charge is 0.305 e. The first-order chi connectivity index (χ1) is 7.66. The Kier molecular flexibility index (Phi) is 3.38. The van der Waals surface area contributed by atoms with Gasteiger partial charge in [0.15, 0.2) is 0 Å². The van der Waals surface area contributed by atoms with Crippen LogP contribution in [0.2, 0.25) is 0 Å². The number of piperidine rings is 1. The Hall–Kier alpha value is -1.17. The van der Waals surface area contributed by atoms with E-state index < -0.39 is 5.97 Å². The quantitative estimate of drug-likeness (QED) is 0.872. The number of hydrogen-bond acceptors (Lipinski definition) is 5. The van der Waals surface area contributed by atoms with E-state index in [0.29, 0.717) is 0 Å². The Balaban J connectivity index is 2.12. The van der Waals surface area contributed by atoms with Gasteiger partial charge in [-0.25, -0.2) is 0 Å². The molecule has 1 aromatic heterocycles. The van der Waals surface area contributed by atoms with Gasteiger partial charge < -0.3 is 10.0 Å². The Morgan fingerprint density at radius 3 is 3.00 bits per heavy atom. The topological polar surface area (TPSA) is 66.3 Å². The van der Waals surface area contributed by atoms with Crippen LogP contribution in [0.25, 0.3) is 0 Å². The van der Waals surface area contributed by atoms with Crippen molar-refractivity contribution in [3.63, 3.8) is 0 Å². The lowest BCUT2D eigenvalue weighted by atomic mass is 10.0. The summed E-state index contributed by atoms with van der Waals surface area (Å²) in [5.74, 6) is -0.738. The fourth-order valence-corrected chi connectivity index (χ4v) is 2.85. The number of carbonyl (C=O) groups is 1. The van der Waals surface area contributed by atoms with Gasteiger partial charge in [-0.3, -0.25) is 4.79 Å². The normalized spacial score (nSPS) is 21.1. The van der Waals surface area contributed by atoms with Crippen molar-refractivity contribution < 1.29 is 9.90 Å². The van der Waals surface area contributed by atoms with Crippen LogP contribution < -0.4 is 4.90 Å². The minimum Gasteiger partial charge on any atom is -0.481 e. The van der Waals surface area contributed by atoms with Gasteiger partial charge in [0.05, 0.1) is 6.42 Å². The molecule has 2 heterocycles. The molecule has 1 unspecified atom stereocenters. The molecule has 1 aliphatic heterocycles. The van der Waals surface area contributed by atoms with Crippen molar-refractivity contribution in [2.75, 3.05) is 11.4 Å². The van der Waals surface area contributed by atoms with Crippen molar-refractivity contribution in [2.24, 2.45) is 0 Å². The summed E-state index contributed by atoms with van der Waals surface area (Å²) < 4.78 is 0. The van der Waals surface area contributed by atoms with Crippen LogP contribution in [0.3, 0.4) is 0 Å². The van der Waals surface area contributed by atoms with Gasteiger partial charge >= 0.3 is 5.97 Å². The summed E-state index contributed by atoms with van der Waals surface area (Å²) in [6, 6.07) is 0.0820. The van der Waals surface area contributed by atoms with Gasteiger partial charge in [-0.2, -0.15) is 0 Å². The van der Waals surface area contributed by atoms with E-state index in [1.165, 1.54) is 11.3 Å². The van der Waals surface area contributed by atoms with Crippen molar-refractivity contribution in [2.45, 2.75) is 38.6 Å². The molecule has 0 spiro atoms. The van der Waals surface area contributed by atoms with Gasteiger partial charge in [-0.15, -0.1) is 10.2 Å². The summed E-state index contributed by atoms with van der Waals surface area (Å²) in [5.41, 5.74) is 0. The van der Waals surface area contributed by atoms with Crippen LogP contribution in [0.1, 0.15) is 30.7 Å². The molecule has 5 nitrogen and oxygen atoms in total. The van der Waals surface area contributed by atoms with E-state index >= 15 is 0 Å². The Bertz CT molecular complexity index is 380. The van der Waals surface area contributed by atoms with E-state index in [0.717, 1.165) is 35.9 Å². The summed E-state index contributed by atoms with van der Waals surface area (Å²) in [5, 5.41) is 18.7. The molecular weight excluding hydrogens is 226 g/mol. The highest BCUT2D eigenvalue weighted by Gasteiger charge is 2.26. The first-order valence-corrected chi connectivity index (χ1v) is 6.27. The zero-order chi connectivity index (χ0) is 11.5.